The summed E-state index contributed by atoms with van der Waals surface area (Å²) in [6, 6.07) is 15.9. The quantitative estimate of drug-likeness (QED) is 0.216. The minimum absolute atomic E-state index is 0.0230. The van der Waals surface area contributed by atoms with E-state index in [0.717, 1.165) is 11.8 Å². The molecule has 0 unspecified atom stereocenters. The van der Waals surface area contributed by atoms with Gasteiger partial charge in [-0.3, -0.25) is 9.69 Å². The van der Waals surface area contributed by atoms with E-state index in [4.69, 9.17) is 44.6 Å². The minimum atomic E-state index is -0.654. The van der Waals surface area contributed by atoms with Crippen molar-refractivity contribution in [1.29, 1.82) is 0 Å². The van der Waals surface area contributed by atoms with Crippen LogP contribution in [0, 0.1) is 0 Å². The van der Waals surface area contributed by atoms with Crippen LogP contribution in [-0.4, -0.2) is 22.8 Å². The summed E-state index contributed by atoms with van der Waals surface area (Å²) in [5.41, 5.74) is 1.31. The zero-order valence-corrected chi connectivity index (χ0v) is 20.3. The minimum Gasteiger partial charge on any atom is -0.462 e. The van der Waals surface area contributed by atoms with Gasteiger partial charge in [-0.05, 0) is 43.3 Å². The van der Waals surface area contributed by atoms with Gasteiger partial charge < -0.3 is 14.5 Å². The van der Waals surface area contributed by atoms with Crippen molar-refractivity contribution in [3.05, 3.63) is 80.9 Å². The number of carbonyl (C=O) groups is 2. The Morgan fingerprint density at radius 1 is 1.18 bits per heavy atom. The number of benzene rings is 2. The lowest BCUT2D eigenvalue weighted by Crippen LogP contribution is -2.27. The molecule has 2 heterocycles. The Hall–Kier alpha value is -2.78. The SMILES string of the molecule is CCOC(=O)c1c(Nc2ccc(Cl)cc2)oc(/C=C2/SC(=S)N(c3ccccc3)C2=O)c1Cl. The Morgan fingerprint density at radius 2 is 1.88 bits per heavy atom. The van der Waals surface area contributed by atoms with Gasteiger partial charge in [-0.15, -0.1) is 0 Å². The molecule has 10 heteroatoms. The third-order valence-corrected chi connectivity index (χ3v) is 6.46. The molecule has 3 aromatic rings. The molecule has 1 saturated heterocycles. The predicted molar refractivity (Wildman–Crippen MR) is 137 cm³/mol. The number of para-hydroxylation sites is 1. The molecule has 6 nitrogen and oxygen atoms in total. The van der Waals surface area contributed by atoms with E-state index in [-0.39, 0.29) is 34.7 Å². The number of rotatable bonds is 6. The highest BCUT2D eigenvalue weighted by atomic mass is 35.5. The number of esters is 1. The van der Waals surface area contributed by atoms with E-state index in [2.05, 4.69) is 5.32 Å². The lowest BCUT2D eigenvalue weighted by Gasteiger charge is -2.13. The first kappa shape index (κ1) is 23.4. The average Bonchev–Trinajstić information content (AvgIpc) is 3.25. The van der Waals surface area contributed by atoms with Crippen molar-refractivity contribution in [2.24, 2.45) is 0 Å². The number of halogens is 2. The van der Waals surface area contributed by atoms with Crippen molar-refractivity contribution < 1.29 is 18.7 Å². The van der Waals surface area contributed by atoms with Crippen LogP contribution < -0.4 is 10.2 Å². The molecule has 0 atom stereocenters. The fourth-order valence-corrected chi connectivity index (χ4v) is 4.70. The standard InChI is InChI=1S/C23H16Cl2N2O4S2/c1-2-30-22(29)18-19(25)16(31-20(18)26-14-10-8-13(24)9-11-14)12-17-21(28)27(23(32)33-17)15-6-4-3-5-7-15/h3-12,26H,2H2,1H3/b17-12+. The number of carbonyl (C=O) groups excluding carboxylic acids is 2. The van der Waals surface area contributed by atoms with Crippen LogP contribution in [0.4, 0.5) is 17.3 Å². The lowest BCUT2D eigenvalue weighted by atomic mass is 10.2. The maximum atomic E-state index is 13.0. The number of nitrogens with one attached hydrogen (secondary N) is 1. The Labute approximate surface area is 209 Å². The highest BCUT2D eigenvalue weighted by molar-refractivity contribution is 8.27. The molecule has 0 bridgehead atoms. The van der Waals surface area contributed by atoms with Crippen LogP contribution in [-0.2, 0) is 9.53 Å². The van der Waals surface area contributed by atoms with Gasteiger partial charge >= 0.3 is 5.97 Å². The van der Waals surface area contributed by atoms with E-state index in [1.807, 2.05) is 18.2 Å². The van der Waals surface area contributed by atoms with Gasteiger partial charge in [0.05, 0.1) is 17.2 Å². The molecule has 0 spiro atoms. The summed E-state index contributed by atoms with van der Waals surface area (Å²) >= 11 is 19.0. The monoisotopic (exact) mass is 518 g/mol. The van der Waals surface area contributed by atoms with E-state index in [0.29, 0.717) is 25.6 Å². The maximum absolute atomic E-state index is 13.0. The molecule has 33 heavy (non-hydrogen) atoms. The molecule has 168 valence electrons. The number of thioether (sulfide) groups is 1. The summed E-state index contributed by atoms with van der Waals surface area (Å²) in [5, 5.41) is 3.60. The third kappa shape index (κ3) is 4.94. The molecule has 0 aliphatic carbocycles. The largest absolute Gasteiger partial charge is 0.462 e. The molecule has 1 aliphatic heterocycles. The Morgan fingerprint density at radius 3 is 2.55 bits per heavy atom. The van der Waals surface area contributed by atoms with Gasteiger partial charge in [-0.1, -0.05) is 65.4 Å². The summed E-state index contributed by atoms with van der Waals surface area (Å²) in [6.45, 7) is 1.85. The van der Waals surface area contributed by atoms with Crippen LogP contribution in [0.1, 0.15) is 23.0 Å². The molecule has 1 amide bonds. The van der Waals surface area contributed by atoms with E-state index in [1.165, 1.54) is 11.0 Å². The summed E-state index contributed by atoms with van der Waals surface area (Å²) in [4.78, 5) is 27.4. The fourth-order valence-electron chi connectivity index (χ4n) is 3.05. The highest BCUT2D eigenvalue weighted by Gasteiger charge is 2.34. The van der Waals surface area contributed by atoms with Gasteiger partial charge in [0.2, 0.25) is 5.88 Å². The number of hydrogen-bond donors (Lipinski definition) is 1. The molecule has 1 aliphatic rings. The molecule has 4 rings (SSSR count). The Bertz CT molecular complexity index is 1260. The molecule has 2 aromatic carbocycles. The molecule has 1 aromatic heterocycles. The van der Waals surface area contributed by atoms with Crippen LogP contribution in [0.15, 0.2) is 63.9 Å². The van der Waals surface area contributed by atoms with E-state index in [1.54, 1.807) is 43.3 Å². The zero-order valence-electron chi connectivity index (χ0n) is 17.1. The first-order valence-electron chi connectivity index (χ1n) is 9.74. The van der Waals surface area contributed by atoms with Crippen LogP contribution in [0.2, 0.25) is 10.0 Å². The smallest absolute Gasteiger partial charge is 0.345 e. The van der Waals surface area contributed by atoms with Gasteiger partial charge in [0, 0.05) is 16.8 Å². The van der Waals surface area contributed by atoms with Gasteiger partial charge in [0.1, 0.15) is 16.3 Å². The van der Waals surface area contributed by atoms with Crippen molar-refractivity contribution in [3.63, 3.8) is 0 Å². The van der Waals surface area contributed by atoms with Crippen molar-refractivity contribution in [3.8, 4) is 0 Å². The average molecular weight is 519 g/mol. The van der Waals surface area contributed by atoms with Gasteiger partial charge in [-0.2, -0.15) is 0 Å². The van der Waals surface area contributed by atoms with Gasteiger partial charge in [0.25, 0.3) is 5.91 Å². The molecule has 0 saturated carbocycles. The van der Waals surface area contributed by atoms with Crippen molar-refractivity contribution in [2.45, 2.75) is 6.92 Å². The second-order valence-electron chi connectivity index (χ2n) is 6.69. The van der Waals surface area contributed by atoms with Crippen molar-refractivity contribution in [1.82, 2.24) is 0 Å². The van der Waals surface area contributed by atoms with E-state index >= 15 is 0 Å². The first-order valence-corrected chi connectivity index (χ1v) is 11.7. The molecular weight excluding hydrogens is 503 g/mol. The maximum Gasteiger partial charge on any atom is 0.345 e. The summed E-state index contributed by atoms with van der Waals surface area (Å²) < 4.78 is 11.4. The number of hydrogen-bond acceptors (Lipinski definition) is 7. The summed E-state index contributed by atoms with van der Waals surface area (Å²) in [7, 11) is 0. The topological polar surface area (TPSA) is 71.8 Å². The molecular formula is C23H16Cl2N2O4S2. The van der Waals surface area contributed by atoms with Gasteiger partial charge in [0.15, 0.2) is 4.32 Å². The third-order valence-electron chi connectivity index (χ3n) is 4.53. The van der Waals surface area contributed by atoms with Crippen LogP contribution in [0.25, 0.3) is 6.08 Å². The number of thiocarbonyl (C=S) groups is 1. The lowest BCUT2D eigenvalue weighted by molar-refractivity contribution is -0.113. The first-order chi connectivity index (χ1) is 15.9. The number of anilines is 3. The molecule has 0 radical (unpaired) electrons. The molecule has 1 N–H and O–H groups in total. The van der Waals surface area contributed by atoms with Gasteiger partial charge in [-0.25, -0.2) is 4.79 Å². The Balaban J connectivity index is 1.71. The summed E-state index contributed by atoms with van der Waals surface area (Å²) in [6.07, 6.45) is 1.47. The van der Waals surface area contributed by atoms with E-state index in [9.17, 15) is 9.59 Å². The zero-order chi connectivity index (χ0) is 23.5. The van der Waals surface area contributed by atoms with Crippen molar-refractivity contribution >= 4 is 86.7 Å². The number of nitrogens with zero attached hydrogens (tertiary/aromatic N) is 1. The number of ether oxygens (including phenoxy) is 1. The van der Waals surface area contributed by atoms with Crippen LogP contribution in [0.3, 0.4) is 0 Å². The van der Waals surface area contributed by atoms with Crippen molar-refractivity contribution in [2.75, 3.05) is 16.8 Å². The second kappa shape index (κ2) is 10.0. The van der Waals surface area contributed by atoms with E-state index < -0.39 is 5.97 Å². The van der Waals surface area contributed by atoms with Crippen LogP contribution in [0.5, 0.6) is 0 Å². The normalized spacial score (nSPS) is 14.8. The predicted octanol–water partition coefficient (Wildman–Crippen LogP) is 6.91. The highest BCUT2D eigenvalue weighted by Crippen LogP contribution is 2.40. The summed E-state index contributed by atoms with van der Waals surface area (Å²) in [5.74, 6) is -0.747. The number of furan rings is 1. The molecule has 1 fully saturated rings. The number of amides is 1. The van der Waals surface area contributed by atoms with Crippen LogP contribution >= 0.6 is 47.2 Å². The second-order valence-corrected chi connectivity index (χ2v) is 9.18. The fraction of sp³-hybridized carbons (Fsp3) is 0.0870. The Kier molecular flexibility index (Phi) is 7.09.